The fraction of sp³-hybridized carbons (Fsp3) is 0.353. The average molecular weight is 270 g/mol. The summed E-state index contributed by atoms with van der Waals surface area (Å²) < 4.78 is 5.55. The van der Waals surface area contributed by atoms with Crippen molar-refractivity contribution in [3.05, 3.63) is 53.2 Å². The van der Waals surface area contributed by atoms with Gasteiger partial charge in [-0.2, -0.15) is 0 Å². The van der Waals surface area contributed by atoms with Gasteiger partial charge in [0.25, 0.3) is 0 Å². The summed E-state index contributed by atoms with van der Waals surface area (Å²) in [7, 11) is 0. The number of nitrogens with zero attached hydrogens (tertiary/aromatic N) is 1. The summed E-state index contributed by atoms with van der Waals surface area (Å²) in [6.07, 6.45) is 1.75. The Morgan fingerprint density at radius 3 is 2.80 bits per heavy atom. The molecule has 1 aromatic carbocycles. The topological polar surface area (TPSA) is 34.1 Å². The molecule has 106 valence electrons. The molecule has 2 rings (SSSR count). The van der Waals surface area contributed by atoms with E-state index in [1.807, 2.05) is 19.1 Å². The highest BCUT2D eigenvalue weighted by atomic mass is 16.5. The van der Waals surface area contributed by atoms with Crippen molar-refractivity contribution in [3.8, 4) is 5.88 Å². The third-order valence-electron chi connectivity index (χ3n) is 3.33. The molecule has 0 amide bonds. The molecule has 1 N–H and O–H groups in total. The molecule has 0 saturated carbocycles. The molecular weight excluding hydrogens is 248 g/mol. The van der Waals surface area contributed by atoms with Gasteiger partial charge >= 0.3 is 0 Å². The summed E-state index contributed by atoms with van der Waals surface area (Å²) in [6, 6.07) is 10.7. The quantitative estimate of drug-likeness (QED) is 0.881. The maximum absolute atomic E-state index is 5.55. The Balaban J connectivity index is 2.23. The molecule has 0 bridgehead atoms. The summed E-state index contributed by atoms with van der Waals surface area (Å²) in [5, 5.41) is 3.49. The number of hydrogen-bond acceptors (Lipinski definition) is 3. The first-order valence-electron chi connectivity index (χ1n) is 7.03. The maximum Gasteiger partial charge on any atom is 0.237 e. The van der Waals surface area contributed by atoms with E-state index in [2.05, 4.69) is 49.3 Å². The van der Waals surface area contributed by atoms with Crippen molar-refractivity contribution >= 4 is 5.69 Å². The monoisotopic (exact) mass is 270 g/mol. The first-order chi connectivity index (χ1) is 9.61. The number of aromatic nitrogens is 1. The van der Waals surface area contributed by atoms with Crippen molar-refractivity contribution in [1.82, 2.24) is 4.98 Å². The fourth-order valence-electron chi connectivity index (χ4n) is 2.29. The minimum absolute atomic E-state index is 0.207. The normalized spacial score (nSPS) is 12.0. The maximum atomic E-state index is 5.55. The van der Waals surface area contributed by atoms with E-state index in [4.69, 9.17) is 4.74 Å². The largest absolute Gasteiger partial charge is 0.476 e. The van der Waals surface area contributed by atoms with Crippen LogP contribution < -0.4 is 10.1 Å². The third kappa shape index (κ3) is 3.29. The third-order valence-corrected chi connectivity index (χ3v) is 3.33. The van der Waals surface area contributed by atoms with Gasteiger partial charge in [-0.3, -0.25) is 0 Å². The minimum atomic E-state index is 0.207. The van der Waals surface area contributed by atoms with Gasteiger partial charge < -0.3 is 10.1 Å². The fourth-order valence-corrected chi connectivity index (χ4v) is 2.29. The molecule has 0 radical (unpaired) electrons. The summed E-state index contributed by atoms with van der Waals surface area (Å²) in [5.74, 6) is 0.659. The number of benzene rings is 1. The van der Waals surface area contributed by atoms with Gasteiger partial charge in [0.05, 0.1) is 12.3 Å². The zero-order chi connectivity index (χ0) is 14.5. The molecule has 20 heavy (non-hydrogen) atoms. The van der Waals surface area contributed by atoms with Crippen LogP contribution in [0.2, 0.25) is 0 Å². The zero-order valence-electron chi connectivity index (χ0n) is 12.6. The van der Waals surface area contributed by atoms with Crippen molar-refractivity contribution in [1.29, 1.82) is 0 Å². The smallest absolute Gasteiger partial charge is 0.237 e. The Labute approximate surface area is 121 Å². The number of nitrogens with one attached hydrogen (secondary N) is 1. The minimum Gasteiger partial charge on any atom is -0.476 e. The van der Waals surface area contributed by atoms with Gasteiger partial charge in [-0.1, -0.05) is 23.8 Å². The molecule has 0 spiro atoms. The molecule has 0 fully saturated rings. The lowest BCUT2D eigenvalue weighted by Gasteiger charge is -2.19. The molecular formula is C17H22N2O. The average Bonchev–Trinajstić information content (AvgIpc) is 2.44. The first kappa shape index (κ1) is 14.4. The predicted octanol–water partition coefficient (Wildman–Crippen LogP) is 4.27. The van der Waals surface area contributed by atoms with Crippen LogP contribution in [0.25, 0.3) is 0 Å². The van der Waals surface area contributed by atoms with Crippen LogP contribution >= 0.6 is 0 Å². The van der Waals surface area contributed by atoms with Gasteiger partial charge in [-0.05, 0) is 51.0 Å². The molecule has 1 unspecified atom stereocenters. The van der Waals surface area contributed by atoms with E-state index in [0.29, 0.717) is 12.5 Å². The number of pyridine rings is 1. The Kier molecular flexibility index (Phi) is 4.61. The molecule has 0 aliphatic heterocycles. The van der Waals surface area contributed by atoms with Crippen LogP contribution in [0.15, 0.2) is 36.5 Å². The van der Waals surface area contributed by atoms with Crippen LogP contribution in [-0.2, 0) is 0 Å². The Hall–Kier alpha value is -2.03. The van der Waals surface area contributed by atoms with Gasteiger partial charge in [0, 0.05) is 12.2 Å². The molecule has 1 aromatic heterocycles. The second-order valence-electron chi connectivity index (χ2n) is 5.02. The molecule has 1 atom stereocenters. The Bertz CT molecular complexity index is 581. The van der Waals surface area contributed by atoms with Crippen LogP contribution in [0.3, 0.4) is 0 Å². The van der Waals surface area contributed by atoms with Gasteiger partial charge in [-0.25, -0.2) is 4.98 Å². The lowest BCUT2D eigenvalue weighted by Crippen LogP contribution is -2.10. The zero-order valence-corrected chi connectivity index (χ0v) is 12.6. The number of anilines is 1. The van der Waals surface area contributed by atoms with E-state index in [9.17, 15) is 0 Å². The van der Waals surface area contributed by atoms with Crippen LogP contribution in [-0.4, -0.2) is 11.6 Å². The first-order valence-corrected chi connectivity index (χ1v) is 7.03. The van der Waals surface area contributed by atoms with E-state index in [1.165, 1.54) is 16.7 Å². The molecule has 3 nitrogen and oxygen atoms in total. The Morgan fingerprint density at radius 1 is 1.25 bits per heavy atom. The van der Waals surface area contributed by atoms with Crippen LogP contribution in [0.1, 0.15) is 36.6 Å². The lowest BCUT2D eigenvalue weighted by atomic mass is 10.00. The second-order valence-corrected chi connectivity index (χ2v) is 5.02. The van der Waals surface area contributed by atoms with Crippen molar-refractivity contribution < 1.29 is 4.74 Å². The van der Waals surface area contributed by atoms with E-state index < -0.39 is 0 Å². The number of rotatable bonds is 5. The standard InChI is InChI=1S/C17H22N2O/c1-5-20-17-16(7-6-10-18-17)19-14(4)15-11-12(2)8-9-13(15)3/h6-11,14,19H,5H2,1-4H3. The highest BCUT2D eigenvalue weighted by Crippen LogP contribution is 2.27. The van der Waals surface area contributed by atoms with E-state index in [0.717, 1.165) is 5.69 Å². The SMILES string of the molecule is CCOc1ncccc1NC(C)c1cc(C)ccc1C. The molecule has 1 heterocycles. The summed E-state index contributed by atoms with van der Waals surface area (Å²) in [4.78, 5) is 4.27. The molecule has 0 saturated heterocycles. The van der Waals surface area contributed by atoms with Gasteiger partial charge in [-0.15, -0.1) is 0 Å². The number of aryl methyl sites for hydroxylation is 2. The summed E-state index contributed by atoms with van der Waals surface area (Å²) in [5.41, 5.74) is 4.80. The van der Waals surface area contributed by atoms with Crippen molar-refractivity contribution in [3.63, 3.8) is 0 Å². The van der Waals surface area contributed by atoms with Crippen LogP contribution in [0.4, 0.5) is 5.69 Å². The number of hydrogen-bond donors (Lipinski definition) is 1. The lowest BCUT2D eigenvalue weighted by molar-refractivity contribution is 0.328. The molecule has 0 aliphatic carbocycles. The number of ether oxygens (including phenoxy) is 1. The van der Waals surface area contributed by atoms with E-state index >= 15 is 0 Å². The van der Waals surface area contributed by atoms with Crippen molar-refractivity contribution in [2.75, 3.05) is 11.9 Å². The molecule has 3 heteroatoms. The predicted molar refractivity (Wildman–Crippen MR) is 83.4 cm³/mol. The van der Waals surface area contributed by atoms with Gasteiger partial charge in [0.2, 0.25) is 5.88 Å². The van der Waals surface area contributed by atoms with Crippen LogP contribution in [0.5, 0.6) is 5.88 Å². The van der Waals surface area contributed by atoms with Crippen molar-refractivity contribution in [2.24, 2.45) is 0 Å². The molecule has 0 aliphatic rings. The van der Waals surface area contributed by atoms with E-state index in [-0.39, 0.29) is 6.04 Å². The van der Waals surface area contributed by atoms with Crippen molar-refractivity contribution in [2.45, 2.75) is 33.7 Å². The second kappa shape index (κ2) is 6.42. The Morgan fingerprint density at radius 2 is 2.05 bits per heavy atom. The van der Waals surface area contributed by atoms with Crippen LogP contribution in [0, 0.1) is 13.8 Å². The van der Waals surface area contributed by atoms with Gasteiger partial charge in [0.15, 0.2) is 0 Å². The summed E-state index contributed by atoms with van der Waals surface area (Å²) in [6.45, 7) is 8.99. The molecule has 2 aromatic rings. The highest BCUT2D eigenvalue weighted by Gasteiger charge is 2.11. The van der Waals surface area contributed by atoms with Gasteiger partial charge in [0.1, 0.15) is 0 Å². The summed E-state index contributed by atoms with van der Waals surface area (Å²) >= 11 is 0. The van der Waals surface area contributed by atoms with E-state index in [1.54, 1.807) is 6.20 Å². The highest BCUT2D eigenvalue weighted by molar-refractivity contribution is 5.54.